The minimum atomic E-state index is 0. The third-order valence-electron chi connectivity index (χ3n) is 0.632. The minimum absolute atomic E-state index is 0. The number of rotatable bonds is 0. The third-order valence-corrected chi connectivity index (χ3v) is 0.632. The van der Waals surface area contributed by atoms with E-state index in [9.17, 15) is 0 Å². The maximum atomic E-state index is 7.50. The van der Waals surface area contributed by atoms with Crippen LogP contribution in [0.2, 0.25) is 0 Å². The normalized spacial score (nSPS) is 4.30. The molecule has 1 heterocycles. The third kappa shape index (κ3) is 1280. The Kier molecular flexibility index (Phi) is 4910. The molecule has 1 radical (unpaired) electrons. The fourth-order valence-corrected chi connectivity index (χ4v) is 0.158. The Morgan fingerprint density at radius 1 is 0.370 bits per heavy atom. The van der Waals surface area contributed by atoms with Crippen LogP contribution in [-0.2, 0) is 106 Å². The van der Waals surface area contributed by atoms with Gasteiger partial charge in [0.15, 0.2) is 0 Å². The molecule has 0 aromatic rings. The van der Waals surface area contributed by atoms with Gasteiger partial charge in [0, 0.05) is 39.6 Å². The molecule has 0 spiro atoms. The second-order valence-corrected chi connectivity index (χ2v) is 1.02. The molecule has 11 nitrogen and oxygen atoms in total. The van der Waals surface area contributed by atoms with E-state index < -0.39 is 0 Å². The summed E-state index contributed by atoms with van der Waals surface area (Å²) < 4.78 is 75.0. The van der Waals surface area contributed by atoms with Crippen molar-refractivity contribution in [2.45, 2.75) is 6.42 Å². The molecule has 1 aliphatic heterocycles. The van der Waals surface area contributed by atoms with Crippen molar-refractivity contribution >= 4 is 0 Å². The van der Waals surface area contributed by atoms with E-state index in [1.54, 1.807) is 0 Å². The molecule has 0 bridgehead atoms. The van der Waals surface area contributed by atoms with Gasteiger partial charge in [-0.15, -0.1) is 0 Å². The van der Waals surface area contributed by atoms with Crippen LogP contribution in [0.4, 0.5) is 0 Å². The summed E-state index contributed by atoms with van der Waals surface area (Å²) in [4.78, 5) is 0. The largest absolute Gasteiger partial charge is 1.00 e. The van der Waals surface area contributed by atoms with E-state index in [2.05, 4.69) is 71.8 Å². The van der Waals surface area contributed by atoms with Crippen LogP contribution >= 0.6 is 0 Å². The molecular formula is C13H6NO10Os3. The smallest absolute Gasteiger partial charge is 0 e. The van der Waals surface area contributed by atoms with Crippen LogP contribution in [-0.4, -0.2) is 13.1 Å². The quantitative estimate of drug-likeness (QED) is 0.239. The van der Waals surface area contributed by atoms with Crippen molar-refractivity contribution in [2.24, 2.45) is 0 Å². The van der Waals surface area contributed by atoms with E-state index in [4.69, 9.17) is 46.5 Å². The molecule has 0 amide bonds. The first kappa shape index (κ1) is 95.3. The molecule has 147 valence electrons. The number of nitrogens with zero attached hydrogens (tertiary/aromatic N) is 1. The zero-order chi connectivity index (χ0) is 22.8. The molecular weight excluding hydrogens is 901 g/mol. The van der Waals surface area contributed by atoms with E-state index in [1.807, 2.05) is 0 Å². The standard InChI is InChI=1S/C3H6N.10CO.3Os/c1-2-4-3-1;10*1-2;;;/h1-3H2;;;;;;;;;;;;;/q-1;;;;;;;;;;;;;+1. The number of hydrogen-bond donors (Lipinski definition) is 0. The van der Waals surface area contributed by atoms with Crippen LogP contribution in [0.15, 0.2) is 0 Å². The minimum Gasteiger partial charge on any atom is 0 e. The van der Waals surface area contributed by atoms with Gasteiger partial charge in [-0.25, -0.2) is 0 Å². The molecule has 1 saturated heterocycles. The molecule has 14 heteroatoms. The summed E-state index contributed by atoms with van der Waals surface area (Å²) >= 11 is 0. The maximum Gasteiger partial charge on any atom is 1.00 e. The topological polar surface area (TPSA) is 213 Å². The predicted octanol–water partition coefficient (Wildman–Crippen LogP) is 0.381. The van der Waals surface area contributed by atoms with Crippen molar-refractivity contribution in [1.29, 1.82) is 0 Å². The van der Waals surface area contributed by atoms with Gasteiger partial charge in [0.05, 0.1) is 0 Å². The fraction of sp³-hybridized carbons (Fsp3) is 0.231. The van der Waals surface area contributed by atoms with Crippen LogP contribution in [0.3, 0.4) is 0 Å². The summed E-state index contributed by atoms with van der Waals surface area (Å²) in [5, 5.41) is 3.92. The monoisotopic (exact) mass is 912 g/mol. The van der Waals surface area contributed by atoms with E-state index in [-0.39, 0.29) is 59.4 Å². The molecule has 0 aromatic carbocycles. The van der Waals surface area contributed by atoms with E-state index in [0.29, 0.717) is 0 Å². The van der Waals surface area contributed by atoms with Gasteiger partial charge < -0.3 is 5.32 Å². The van der Waals surface area contributed by atoms with Gasteiger partial charge in [-0.05, 0) is 0 Å². The van der Waals surface area contributed by atoms with E-state index in [0.717, 1.165) is 13.1 Å². The molecule has 27 heavy (non-hydrogen) atoms. The van der Waals surface area contributed by atoms with Gasteiger partial charge in [-0.2, -0.15) is 13.1 Å². The van der Waals surface area contributed by atoms with Crippen molar-refractivity contribution in [3.63, 3.8) is 0 Å². The van der Waals surface area contributed by atoms with Crippen LogP contribution in [0, 0.1) is 66.5 Å². The summed E-state index contributed by atoms with van der Waals surface area (Å²) in [7, 11) is 0. The summed E-state index contributed by atoms with van der Waals surface area (Å²) in [5.41, 5.74) is 0. The Morgan fingerprint density at radius 3 is 0.407 bits per heavy atom. The molecule has 1 rings (SSSR count). The Labute approximate surface area is 196 Å². The Balaban J connectivity index is -0.00000000730. The van der Waals surface area contributed by atoms with Crippen LogP contribution in [0.5, 0.6) is 0 Å². The second-order valence-electron chi connectivity index (χ2n) is 1.02. The molecule has 0 N–H and O–H groups in total. The zero-order valence-corrected chi connectivity index (χ0v) is 20.3. The van der Waals surface area contributed by atoms with Gasteiger partial charge in [0.1, 0.15) is 0 Å². The molecule has 1 aliphatic rings. The molecule has 0 aliphatic carbocycles. The molecule has 0 atom stereocenters. The van der Waals surface area contributed by atoms with Crippen LogP contribution < -0.4 is 0 Å². The van der Waals surface area contributed by atoms with Crippen molar-refractivity contribution in [1.82, 2.24) is 0 Å². The predicted molar refractivity (Wildman–Crippen MR) is 57.0 cm³/mol. The van der Waals surface area contributed by atoms with Gasteiger partial charge in [0.25, 0.3) is 0 Å². The molecule has 1 fully saturated rings. The van der Waals surface area contributed by atoms with Crippen LogP contribution in [0.1, 0.15) is 6.42 Å². The first-order valence-corrected chi connectivity index (χ1v) is 3.67. The summed E-state index contributed by atoms with van der Waals surface area (Å²) in [5.74, 6) is 0. The van der Waals surface area contributed by atoms with Gasteiger partial charge in [0.2, 0.25) is 0 Å². The van der Waals surface area contributed by atoms with E-state index in [1.165, 1.54) is 6.42 Å². The Bertz CT molecular complexity index is 233. The maximum absolute atomic E-state index is 7.50. The van der Waals surface area contributed by atoms with Crippen molar-refractivity contribution in [2.75, 3.05) is 13.1 Å². The average Bonchev–Trinajstić information content (AvgIpc) is 2.75. The van der Waals surface area contributed by atoms with Crippen molar-refractivity contribution < 1.29 is 106 Å². The van der Waals surface area contributed by atoms with Crippen molar-refractivity contribution in [3.8, 4) is 0 Å². The second kappa shape index (κ2) is 1390. The first-order chi connectivity index (χ1) is 12.0. The molecule has 0 saturated carbocycles. The van der Waals surface area contributed by atoms with Crippen LogP contribution in [0.25, 0.3) is 5.32 Å². The fourth-order valence-electron chi connectivity index (χ4n) is 0.158. The summed E-state index contributed by atoms with van der Waals surface area (Å²) in [6.07, 6.45) is 1.33. The number of hydrogen-bond acceptors (Lipinski definition) is 0. The van der Waals surface area contributed by atoms with E-state index >= 15 is 0 Å². The molecule has 0 unspecified atom stereocenters. The van der Waals surface area contributed by atoms with Gasteiger partial charge in [-0.3, -0.25) is 0 Å². The Hall–Kier alpha value is -0.731. The SMILES string of the molecule is C1C[N-]C1.[C-]#[O+].[C-]#[O+].[C-]#[O+].[C-]#[O+].[C-]#[O+].[C-]#[O+].[C-]#[O+].[C-]#[O+].[C-]#[O+].[C-]#[O+].[Os+].[Os].[Os]. The summed E-state index contributed by atoms with van der Waals surface area (Å²) in [6, 6.07) is 0. The van der Waals surface area contributed by atoms with Gasteiger partial charge in [-0.1, -0.05) is 6.42 Å². The Morgan fingerprint density at radius 2 is 0.407 bits per heavy atom. The zero-order valence-electron chi connectivity index (χ0n) is 12.7. The van der Waals surface area contributed by atoms with Gasteiger partial charge >= 0.3 is 133 Å². The van der Waals surface area contributed by atoms with Crippen molar-refractivity contribution in [3.05, 3.63) is 71.8 Å². The summed E-state index contributed by atoms with van der Waals surface area (Å²) in [6.45, 7) is 47.2. The average molecular weight is 907 g/mol. The molecule has 0 aromatic heterocycles. The first-order valence-electron chi connectivity index (χ1n) is 3.67.